The number of ether oxygens (including phenoxy) is 1. The first-order chi connectivity index (χ1) is 14.5. The summed E-state index contributed by atoms with van der Waals surface area (Å²) in [7, 11) is 3.75. The van der Waals surface area contributed by atoms with Gasteiger partial charge < -0.3 is 19.9 Å². The number of piperidine rings is 1. The second kappa shape index (κ2) is 8.40. The van der Waals surface area contributed by atoms with E-state index in [0.29, 0.717) is 11.4 Å². The van der Waals surface area contributed by atoms with Crippen LogP contribution in [-0.4, -0.2) is 49.2 Å². The molecule has 0 radical (unpaired) electrons. The Morgan fingerprint density at radius 2 is 1.87 bits per heavy atom. The molecule has 1 aromatic heterocycles. The highest BCUT2D eigenvalue weighted by molar-refractivity contribution is 6.08. The Hall–Kier alpha value is -2.99. The quantitative estimate of drug-likeness (QED) is 0.646. The Balaban J connectivity index is 1.75. The number of nitrogens with zero attached hydrogens (tertiary/aromatic N) is 2. The van der Waals surface area contributed by atoms with Crippen LogP contribution in [0.1, 0.15) is 24.1 Å². The molecule has 0 atom stereocenters. The number of likely N-dealkylation sites (tertiary alicyclic amines) is 1. The molecular weight excluding hydrogens is 376 g/mol. The van der Waals surface area contributed by atoms with Crippen molar-refractivity contribution in [3.05, 3.63) is 53.7 Å². The van der Waals surface area contributed by atoms with Gasteiger partial charge in [0.25, 0.3) is 0 Å². The van der Waals surface area contributed by atoms with Crippen LogP contribution < -0.4 is 15.0 Å². The molecule has 158 valence electrons. The van der Waals surface area contributed by atoms with E-state index in [9.17, 15) is 4.79 Å². The van der Waals surface area contributed by atoms with Crippen LogP contribution in [0.4, 0.5) is 16.2 Å². The third-order valence-electron chi connectivity index (χ3n) is 6.20. The van der Waals surface area contributed by atoms with E-state index < -0.39 is 0 Å². The molecule has 0 bridgehead atoms. The van der Waals surface area contributed by atoms with Gasteiger partial charge in [0.05, 0.1) is 24.0 Å². The highest BCUT2D eigenvalue weighted by atomic mass is 16.5. The maximum atomic E-state index is 13.6. The number of benzene rings is 2. The zero-order chi connectivity index (χ0) is 21.3. The number of nitrogens with one attached hydrogen (secondary N) is 2. The third kappa shape index (κ3) is 3.75. The maximum absolute atomic E-state index is 13.6. The molecule has 4 rings (SSSR count). The molecule has 2 N–H and O–H groups in total. The molecule has 1 saturated heterocycles. The van der Waals surface area contributed by atoms with Crippen molar-refractivity contribution in [2.24, 2.45) is 0 Å². The summed E-state index contributed by atoms with van der Waals surface area (Å²) in [4.78, 5) is 21.4. The highest BCUT2D eigenvalue weighted by Crippen LogP contribution is 2.34. The average molecular weight is 407 g/mol. The lowest BCUT2D eigenvalue weighted by atomic mass is 10.0. The van der Waals surface area contributed by atoms with Crippen LogP contribution in [-0.2, 0) is 0 Å². The fraction of sp³-hybridized carbons (Fsp3) is 0.375. The van der Waals surface area contributed by atoms with Gasteiger partial charge in [-0.1, -0.05) is 24.3 Å². The number of urea groups is 1. The summed E-state index contributed by atoms with van der Waals surface area (Å²) in [6, 6.07) is 13.7. The number of anilines is 2. The van der Waals surface area contributed by atoms with Gasteiger partial charge in [0, 0.05) is 17.1 Å². The average Bonchev–Trinajstić information content (AvgIpc) is 3.05. The predicted molar refractivity (Wildman–Crippen MR) is 123 cm³/mol. The van der Waals surface area contributed by atoms with Crippen molar-refractivity contribution < 1.29 is 9.53 Å². The van der Waals surface area contributed by atoms with Crippen LogP contribution >= 0.6 is 0 Å². The van der Waals surface area contributed by atoms with E-state index in [1.807, 2.05) is 41.3 Å². The number of aryl methyl sites for hydroxylation is 2. The van der Waals surface area contributed by atoms with Crippen molar-refractivity contribution in [2.75, 3.05) is 37.5 Å². The number of methoxy groups -OCH3 is 1. The van der Waals surface area contributed by atoms with Crippen LogP contribution in [0.3, 0.4) is 0 Å². The molecule has 1 aliphatic rings. The molecule has 0 spiro atoms. The van der Waals surface area contributed by atoms with Gasteiger partial charge in [-0.25, -0.2) is 4.79 Å². The molecule has 6 nitrogen and oxygen atoms in total. The van der Waals surface area contributed by atoms with Crippen molar-refractivity contribution in [3.8, 4) is 5.75 Å². The number of hydrogen-bond acceptors (Lipinski definition) is 3. The molecule has 1 fully saturated rings. The summed E-state index contributed by atoms with van der Waals surface area (Å²) in [5.41, 5.74) is 4.97. The molecule has 2 aromatic carbocycles. The monoisotopic (exact) mass is 406 g/mol. The number of carbonyl (C=O) groups is 1. The van der Waals surface area contributed by atoms with Crippen molar-refractivity contribution in [1.82, 2.24) is 9.88 Å². The lowest BCUT2D eigenvalue weighted by molar-refractivity contribution is 0.234. The molecule has 6 heteroatoms. The number of H-pyrrole nitrogens is 1. The van der Waals surface area contributed by atoms with Crippen LogP contribution in [0, 0.1) is 13.8 Å². The Bertz CT molecular complexity index is 1050. The third-order valence-corrected chi connectivity index (χ3v) is 6.20. The maximum Gasteiger partial charge on any atom is 0.326 e. The van der Waals surface area contributed by atoms with E-state index in [2.05, 4.69) is 42.2 Å². The Labute approximate surface area is 177 Å². The normalized spacial score (nSPS) is 15.3. The van der Waals surface area contributed by atoms with Gasteiger partial charge >= 0.3 is 6.03 Å². The minimum absolute atomic E-state index is 0.130. The number of aromatic amines is 1. The van der Waals surface area contributed by atoms with E-state index in [-0.39, 0.29) is 12.1 Å². The van der Waals surface area contributed by atoms with Gasteiger partial charge in [0.15, 0.2) is 0 Å². The zero-order valence-electron chi connectivity index (χ0n) is 18.2. The van der Waals surface area contributed by atoms with Gasteiger partial charge in [-0.3, -0.25) is 4.90 Å². The molecule has 30 heavy (non-hydrogen) atoms. The smallest absolute Gasteiger partial charge is 0.326 e. The van der Waals surface area contributed by atoms with Crippen LogP contribution in [0.15, 0.2) is 42.5 Å². The summed E-state index contributed by atoms with van der Waals surface area (Å²) in [5, 5.41) is 4.25. The van der Waals surface area contributed by atoms with Gasteiger partial charge in [-0.2, -0.15) is 0 Å². The minimum atomic E-state index is -0.133. The first-order valence-electron chi connectivity index (χ1n) is 10.5. The molecule has 0 saturated carbocycles. The highest BCUT2D eigenvalue weighted by Gasteiger charge is 2.30. The molecule has 1 aliphatic heterocycles. The van der Waals surface area contributed by atoms with Gasteiger partial charge in [0.1, 0.15) is 5.75 Å². The van der Waals surface area contributed by atoms with E-state index in [1.165, 1.54) is 5.56 Å². The molecule has 2 amide bonds. The molecule has 2 heterocycles. The predicted octanol–water partition coefficient (Wildman–Crippen LogP) is 4.93. The van der Waals surface area contributed by atoms with Crippen molar-refractivity contribution >= 4 is 28.3 Å². The Kier molecular flexibility index (Phi) is 5.68. The fourth-order valence-corrected chi connectivity index (χ4v) is 4.32. The number of hydrogen-bond donors (Lipinski definition) is 2. The topological polar surface area (TPSA) is 60.6 Å². The summed E-state index contributed by atoms with van der Waals surface area (Å²) in [5.74, 6) is 0.652. The second-order valence-electron chi connectivity index (χ2n) is 8.11. The first-order valence-corrected chi connectivity index (χ1v) is 10.5. The van der Waals surface area contributed by atoms with Gasteiger partial charge in [-0.05, 0) is 70.6 Å². The van der Waals surface area contributed by atoms with E-state index in [1.54, 1.807) is 7.11 Å². The van der Waals surface area contributed by atoms with Crippen LogP contribution in [0.25, 0.3) is 10.9 Å². The van der Waals surface area contributed by atoms with Crippen LogP contribution in [0.2, 0.25) is 0 Å². The number of fused-ring (bicyclic) bond motifs is 1. The molecule has 3 aromatic rings. The van der Waals surface area contributed by atoms with Gasteiger partial charge in [0.2, 0.25) is 0 Å². The van der Waals surface area contributed by atoms with E-state index in [0.717, 1.165) is 48.2 Å². The number of rotatable bonds is 4. The fourth-order valence-electron chi connectivity index (χ4n) is 4.32. The number of aromatic nitrogens is 1. The SMILES string of the molecule is COc1ccccc1NC(=O)N(c1cccc2c(C)c(C)[nH]c12)C1CCN(C)CC1. The van der Waals surface area contributed by atoms with Gasteiger partial charge in [-0.15, -0.1) is 0 Å². The molecule has 0 aliphatic carbocycles. The summed E-state index contributed by atoms with van der Waals surface area (Å²) < 4.78 is 5.43. The lowest BCUT2D eigenvalue weighted by Crippen LogP contribution is -2.48. The lowest BCUT2D eigenvalue weighted by Gasteiger charge is -2.37. The first kappa shape index (κ1) is 20.3. The molecule has 0 unspecified atom stereocenters. The largest absolute Gasteiger partial charge is 0.495 e. The van der Waals surface area contributed by atoms with Crippen LogP contribution in [0.5, 0.6) is 5.75 Å². The van der Waals surface area contributed by atoms with E-state index in [4.69, 9.17) is 4.74 Å². The number of amides is 2. The van der Waals surface area contributed by atoms with Crippen molar-refractivity contribution in [1.29, 1.82) is 0 Å². The van der Waals surface area contributed by atoms with Crippen molar-refractivity contribution in [2.45, 2.75) is 32.7 Å². The summed E-state index contributed by atoms with van der Waals surface area (Å²) in [6.45, 7) is 6.14. The number of para-hydroxylation sites is 3. The van der Waals surface area contributed by atoms with E-state index >= 15 is 0 Å². The summed E-state index contributed by atoms with van der Waals surface area (Å²) >= 11 is 0. The minimum Gasteiger partial charge on any atom is -0.495 e. The van der Waals surface area contributed by atoms with Crippen molar-refractivity contribution in [3.63, 3.8) is 0 Å². The Morgan fingerprint density at radius 3 is 2.60 bits per heavy atom. The molecular formula is C24H30N4O2. The standard InChI is InChI=1S/C24H30N4O2/c1-16-17(2)25-23-19(16)8-7-10-21(23)28(18-12-14-27(3)15-13-18)24(29)26-20-9-5-6-11-22(20)30-4/h5-11,18,25H,12-15H2,1-4H3,(H,26,29). The Morgan fingerprint density at radius 1 is 1.13 bits per heavy atom. The number of carbonyl (C=O) groups excluding carboxylic acids is 1. The zero-order valence-corrected chi connectivity index (χ0v) is 18.2. The summed E-state index contributed by atoms with van der Waals surface area (Å²) in [6.07, 6.45) is 1.87. The second-order valence-corrected chi connectivity index (χ2v) is 8.11.